The summed E-state index contributed by atoms with van der Waals surface area (Å²) in [6.07, 6.45) is 3.52. The molecule has 4 heteroatoms. The summed E-state index contributed by atoms with van der Waals surface area (Å²) in [6, 6.07) is 23.2. The van der Waals surface area contributed by atoms with Crippen LogP contribution in [0, 0.1) is 13.8 Å². The maximum Gasteiger partial charge on any atom is 0.410 e. The molecule has 3 aromatic carbocycles. The van der Waals surface area contributed by atoms with Crippen molar-refractivity contribution < 1.29 is 14.6 Å². The number of amides is 1. The predicted octanol–water partition coefficient (Wildman–Crippen LogP) is 6.15. The van der Waals surface area contributed by atoms with Crippen molar-refractivity contribution in [3.05, 3.63) is 94.5 Å². The lowest BCUT2D eigenvalue weighted by molar-refractivity contribution is -0.0481. The van der Waals surface area contributed by atoms with Gasteiger partial charge in [-0.05, 0) is 78.5 Å². The first kappa shape index (κ1) is 22.4. The lowest BCUT2D eigenvalue weighted by Gasteiger charge is -2.43. The van der Waals surface area contributed by atoms with Crippen LogP contribution in [-0.2, 0) is 11.2 Å². The van der Waals surface area contributed by atoms with E-state index in [1.54, 1.807) is 0 Å². The van der Waals surface area contributed by atoms with Crippen molar-refractivity contribution in [1.29, 1.82) is 0 Å². The number of aryl methyl sites for hydroxylation is 2. The van der Waals surface area contributed by atoms with Crippen LogP contribution in [0.4, 0.5) is 4.79 Å². The SMILES string of the molecule is Cc1cccc(C)c1CC1(O)CC2CCC(C1)N2C(=O)OCC1c2ccccc2-c2ccccc21. The zero-order valence-electron chi connectivity index (χ0n) is 20.5. The van der Waals surface area contributed by atoms with Gasteiger partial charge in [0.15, 0.2) is 0 Å². The molecule has 1 N–H and O–H groups in total. The topological polar surface area (TPSA) is 49.8 Å². The van der Waals surface area contributed by atoms with Gasteiger partial charge in [-0.15, -0.1) is 0 Å². The van der Waals surface area contributed by atoms with E-state index >= 15 is 0 Å². The normalized spacial score (nSPS) is 24.8. The van der Waals surface area contributed by atoms with Gasteiger partial charge in [0.05, 0.1) is 5.60 Å². The summed E-state index contributed by atoms with van der Waals surface area (Å²) in [5.74, 6) is 0.0646. The Kier molecular flexibility index (Phi) is 5.45. The van der Waals surface area contributed by atoms with E-state index in [2.05, 4.69) is 80.6 Å². The molecule has 2 bridgehead atoms. The monoisotopic (exact) mass is 467 g/mol. The molecule has 4 nitrogen and oxygen atoms in total. The Hall–Kier alpha value is -3.11. The van der Waals surface area contributed by atoms with Gasteiger partial charge in [-0.3, -0.25) is 0 Å². The molecule has 2 aliphatic heterocycles. The van der Waals surface area contributed by atoms with Crippen molar-refractivity contribution in [1.82, 2.24) is 4.90 Å². The number of ether oxygens (including phenoxy) is 1. The average molecular weight is 468 g/mol. The van der Waals surface area contributed by atoms with E-state index in [-0.39, 0.29) is 24.1 Å². The van der Waals surface area contributed by atoms with Gasteiger partial charge in [0.2, 0.25) is 0 Å². The molecular weight excluding hydrogens is 434 g/mol. The maximum atomic E-state index is 13.3. The van der Waals surface area contributed by atoms with Crippen LogP contribution in [-0.4, -0.2) is 40.4 Å². The van der Waals surface area contributed by atoms with Crippen LogP contribution >= 0.6 is 0 Å². The van der Waals surface area contributed by atoms with Crippen LogP contribution in [0.25, 0.3) is 11.1 Å². The Morgan fingerprint density at radius 2 is 1.43 bits per heavy atom. The first-order valence-electron chi connectivity index (χ1n) is 12.8. The third-order valence-corrected chi connectivity index (χ3v) is 8.55. The predicted molar refractivity (Wildman–Crippen MR) is 138 cm³/mol. The summed E-state index contributed by atoms with van der Waals surface area (Å²) in [7, 11) is 0. The van der Waals surface area contributed by atoms with Crippen molar-refractivity contribution >= 4 is 6.09 Å². The Bertz CT molecular complexity index is 1200. The second-order valence-electron chi connectivity index (χ2n) is 10.8. The molecule has 35 heavy (non-hydrogen) atoms. The van der Waals surface area contributed by atoms with Gasteiger partial charge in [0.25, 0.3) is 0 Å². The van der Waals surface area contributed by atoms with E-state index in [9.17, 15) is 9.90 Å². The Morgan fingerprint density at radius 3 is 2.00 bits per heavy atom. The van der Waals surface area contributed by atoms with Crippen LogP contribution in [0.1, 0.15) is 59.4 Å². The number of benzene rings is 3. The highest BCUT2D eigenvalue weighted by Gasteiger charge is 2.50. The van der Waals surface area contributed by atoms with Crippen LogP contribution in [0.3, 0.4) is 0 Å². The molecular formula is C31H33NO3. The van der Waals surface area contributed by atoms with E-state index in [0.29, 0.717) is 25.9 Å². The molecule has 3 aliphatic rings. The highest BCUT2D eigenvalue weighted by Crippen LogP contribution is 2.46. The minimum absolute atomic E-state index is 0.0405. The van der Waals surface area contributed by atoms with Gasteiger partial charge in [-0.1, -0.05) is 66.7 Å². The van der Waals surface area contributed by atoms with Crippen LogP contribution < -0.4 is 0 Å². The standard InChI is InChI=1S/C31H33NO3/c1-20-8-7-9-21(2)28(20)18-31(34)16-22-14-15-23(17-31)32(22)30(33)35-19-29-26-12-5-3-10-24(26)25-11-4-6-13-27(25)29/h3-13,22-23,29,34H,14-19H2,1-2H3. The third kappa shape index (κ3) is 3.84. The summed E-state index contributed by atoms with van der Waals surface area (Å²) < 4.78 is 5.99. The number of fused-ring (bicyclic) bond motifs is 5. The summed E-state index contributed by atoms with van der Waals surface area (Å²) in [5.41, 5.74) is 7.84. The van der Waals surface area contributed by atoms with Crippen molar-refractivity contribution in [2.75, 3.05) is 6.61 Å². The molecule has 2 unspecified atom stereocenters. The van der Waals surface area contributed by atoms with Gasteiger partial charge in [-0.2, -0.15) is 0 Å². The highest BCUT2D eigenvalue weighted by atomic mass is 16.6. The largest absolute Gasteiger partial charge is 0.448 e. The lowest BCUT2D eigenvalue weighted by atomic mass is 9.79. The minimum atomic E-state index is -0.775. The molecule has 0 saturated carbocycles. The molecule has 2 fully saturated rings. The molecule has 0 radical (unpaired) electrons. The van der Waals surface area contributed by atoms with Crippen molar-refractivity contribution in [2.45, 2.75) is 69.6 Å². The molecule has 0 spiro atoms. The quantitative estimate of drug-likeness (QED) is 0.500. The van der Waals surface area contributed by atoms with Gasteiger partial charge in [0, 0.05) is 24.4 Å². The molecule has 3 aromatic rings. The number of carbonyl (C=O) groups excluding carboxylic acids is 1. The summed E-state index contributed by atoms with van der Waals surface area (Å²) in [4.78, 5) is 15.3. The fourth-order valence-electron chi connectivity index (χ4n) is 6.89. The number of carbonyl (C=O) groups is 1. The molecule has 180 valence electrons. The number of nitrogens with zero attached hydrogens (tertiary/aromatic N) is 1. The van der Waals surface area contributed by atoms with E-state index in [1.807, 2.05) is 4.90 Å². The Labute approximate surface area is 207 Å². The Balaban J connectivity index is 1.16. The van der Waals surface area contributed by atoms with Crippen LogP contribution in [0.5, 0.6) is 0 Å². The summed E-state index contributed by atoms with van der Waals surface area (Å²) in [6.45, 7) is 4.58. The number of hydrogen-bond acceptors (Lipinski definition) is 3. The first-order chi connectivity index (χ1) is 16.9. The zero-order valence-corrected chi connectivity index (χ0v) is 20.5. The van der Waals surface area contributed by atoms with Crippen molar-refractivity contribution in [3.63, 3.8) is 0 Å². The molecule has 6 rings (SSSR count). The van der Waals surface area contributed by atoms with Gasteiger partial charge in [0.1, 0.15) is 6.61 Å². The summed E-state index contributed by atoms with van der Waals surface area (Å²) in [5, 5.41) is 11.6. The van der Waals surface area contributed by atoms with E-state index in [4.69, 9.17) is 4.74 Å². The number of piperidine rings is 1. The van der Waals surface area contributed by atoms with E-state index < -0.39 is 5.60 Å². The maximum absolute atomic E-state index is 13.3. The van der Waals surface area contributed by atoms with Crippen LogP contribution in [0.15, 0.2) is 66.7 Å². The van der Waals surface area contributed by atoms with E-state index in [1.165, 1.54) is 38.9 Å². The number of rotatable bonds is 4. The first-order valence-corrected chi connectivity index (χ1v) is 12.8. The van der Waals surface area contributed by atoms with E-state index in [0.717, 1.165) is 12.8 Å². The van der Waals surface area contributed by atoms with Gasteiger partial charge in [-0.25, -0.2) is 4.79 Å². The molecule has 2 saturated heterocycles. The molecule has 2 atom stereocenters. The molecule has 0 aromatic heterocycles. The van der Waals surface area contributed by atoms with Gasteiger partial charge < -0.3 is 14.7 Å². The third-order valence-electron chi connectivity index (χ3n) is 8.55. The fraction of sp³-hybridized carbons (Fsp3) is 0.387. The molecule has 1 aliphatic carbocycles. The zero-order chi connectivity index (χ0) is 24.2. The second-order valence-corrected chi connectivity index (χ2v) is 10.8. The van der Waals surface area contributed by atoms with Crippen molar-refractivity contribution in [3.8, 4) is 11.1 Å². The number of hydrogen-bond donors (Lipinski definition) is 1. The molecule has 1 amide bonds. The fourth-order valence-corrected chi connectivity index (χ4v) is 6.89. The highest BCUT2D eigenvalue weighted by molar-refractivity contribution is 5.79. The smallest absolute Gasteiger partial charge is 0.410 e. The second kappa shape index (κ2) is 8.53. The molecule has 2 heterocycles. The lowest BCUT2D eigenvalue weighted by Crippen LogP contribution is -2.54. The van der Waals surface area contributed by atoms with Crippen molar-refractivity contribution in [2.24, 2.45) is 0 Å². The average Bonchev–Trinajstić information content (AvgIpc) is 3.32. The Morgan fingerprint density at radius 1 is 0.886 bits per heavy atom. The van der Waals surface area contributed by atoms with Gasteiger partial charge >= 0.3 is 6.09 Å². The minimum Gasteiger partial charge on any atom is -0.448 e. The summed E-state index contributed by atoms with van der Waals surface area (Å²) >= 11 is 0. The number of aliphatic hydroxyl groups is 1. The van der Waals surface area contributed by atoms with Crippen LogP contribution in [0.2, 0.25) is 0 Å².